The lowest BCUT2D eigenvalue weighted by molar-refractivity contribution is -0.164. The predicted molar refractivity (Wildman–Crippen MR) is 44.6 cm³/mol. The molecule has 0 rings (SSSR count). The van der Waals surface area contributed by atoms with Gasteiger partial charge in [0.05, 0.1) is 6.42 Å². The normalized spacial score (nSPS) is 12.4. The van der Waals surface area contributed by atoms with Gasteiger partial charge in [0, 0.05) is 6.08 Å². The van der Waals surface area contributed by atoms with Crippen LogP contribution in [-0.2, 0) is 19.1 Å². The summed E-state index contributed by atoms with van der Waals surface area (Å²) in [7, 11) is 0. The monoisotopic (exact) mass is 202 g/mol. The van der Waals surface area contributed by atoms with E-state index in [0.29, 0.717) is 0 Å². The van der Waals surface area contributed by atoms with Crippen LogP contribution in [0.2, 0.25) is 0 Å². The van der Waals surface area contributed by atoms with Crippen LogP contribution in [0.25, 0.3) is 0 Å². The molecule has 0 heterocycles. The van der Waals surface area contributed by atoms with Crippen molar-refractivity contribution in [2.45, 2.75) is 19.4 Å². The van der Waals surface area contributed by atoms with Crippen LogP contribution >= 0.6 is 0 Å². The fourth-order valence-corrected chi connectivity index (χ4v) is 0.654. The SMILES string of the molecule is CC=CC(=O)OC(CC(=O)O)C(=O)O. The number of hydrogen-bond donors (Lipinski definition) is 2. The first-order chi connectivity index (χ1) is 6.47. The van der Waals surface area contributed by atoms with Crippen molar-refractivity contribution >= 4 is 17.9 Å². The largest absolute Gasteiger partial charge is 0.481 e. The molecule has 0 bridgehead atoms. The van der Waals surface area contributed by atoms with Crippen LogP contribution in [0.4, 0.5) is 0 Å². The highest BCUT2D eigenvalue weighted by Gasteiger charge is 2.24. The van der Waals surface area contributed by atoms with Crippen molar-refractivity contribution < 1.29 is 29.3 Å². The highest BCUT2D eigenvalue weighted by Crippen LogP contribution is 2.00. The van der Waals surface area contributed by atoms with Gasteiger partial charge in [-0.1, -0.05) is 6.08 Å². The second kappa shape index (κ2) is 5.74. The number of carbonyl (C=O) groups is 3. The highest BCUT2D eigenvalue weighted by atomic mass is 16.6. The standard InChI is InChI=1S/C8H10O6/c1-2-3-7(11)14-5(8(12)13)4-6(9)10/h2-3,5H,4H2,1H3,(H,9,10)(H,12,13). The first-order valence-corrected chi connectivity index (χ1v) is 3.75. The number of ether oxygens (including phenoxy) is 1. The van der Waals surface area contributed by atoms with Crippen molar-refractivity contribution in [3.8, 4) is 0 Å². The molecule has 0 aliphatic heterocycles. The average Bonchev–Trinajstić information content (AvgIpc) is 2.02. The molecule has 6 nitrogen and oxygen atoms in total. The summed E-state index contributed by atoms with van der Waals surface area (Å²) < 4.78 is 4.36. The summed E-state index contributed by atoms with van der Waals surface area (Å²) in [6.07, 6.45) is -0.0190. The molecule has 0 saturated carbocycles. The molecule has 6 heteroatoms. The van der Waals surface area contributed by atoms with Gasteiger partial charge in [0.25, 0.3) is 0 Å². The van der Waals surface area contributed by atoms with E-state index in [2.05, 4.69) is 4.74 Å². The molecule has 0 aromatic heterocycles. The van der Waals surface area contributed by atoms with E-state index < -0.39 is 30.4 Å². The Hall–Kier alpha value is -1.85. The molecule has 0 fully saturated rings. The van der Waals surface area contributed by atoms with Gasteiger partial charge in [0.15, 0.2) is 0 Å². The summed E-state index contributed by atoms with van der Waals surface area (Å²) in [5.74, 6) is -3.70. The zero-order valence-corrected chi connectivity index (χ0v) is 7.47. The topological polar surface area (TPSA) is 101 Å². The summed E-state index contributed by atoms with van der Waals surface area (Å²) >= 11 is 0. The Morgan fingerprint density at radius 1 is 1.36 bits per heavy atom. The number of esters is 1. The van der Waals surface area contributed by atoms with Crippen molar-refractivity contribution in [2.75, 3.05) is 0 Å². The van der Waals surface area contributed by atoms with E-state index in [1.807, 2.05) is 0 Å². The Labute approximate surface area is 79.8 Å². The van der Waals surface area contributed by atoms with Gasteiger partial charge in [-0.15, -0.1) is 0 Å². The molecular weight excluding hydrogens is 192 g/mol. The second-order valence-corrected chi connectivity index (χ2v) is 2.36. The Kier molecular flexibility index (Phi) is 4.98. The van der Waals surface area contributed by atoms with Gasteiger partial charge in [0.2, 0.25) is 6.10 Å². The third kappa shape index (κ3) is 4.91. The van der Waals surface area contributed by atoms with Crippen LogP contribution in [0.15, 0.2) is 12.2 Å². The lowest BCUT2D eigenvalue weighted by atomic mass is 10.2. The van der Waals surface area contributed by atoms with Crippen LogP contribution in [-0.4, -0.2) is 34.2 Å². The van der Waals surface area contributed by atoms with Crippen LogP contribution in [0.1, 0.15) is 13.3 Å². The van der Waals surface area contributed by atoms with Gasteiger partial charge >= 0.3 is 17.9 Å². The van der Waals surface area contributed by atoms with Crippen LogP contribution in [0.3, 0.4) is 0 Å². The minimum atomic E-state index is -1.64. The lowest BCUT2D eigenvalue weighted by Gasteiger charge is -2.09. The molecule has 2 N–H and O–H groups in total. The summed E-state index contributed by atoms with van der Waals surface area (Å²) in [6, 6.07) is 0. The molecule has 0 saturated heterocycles. The summed E-state index contributed by atoms with van der Waals surface area (Å²) in [5, 5.41) is 16.8. The first kappa shape index (κ1) is 12.2. The zero-order valence-electron chi connectivity index (χ0n) is 7.47. The lowest BCUT2D eigenvalue weighted by Crippen LogP contribution is -2.28. The number of allylic oxidation sites excluding steroid dienone is 1. The number of aliphatic carboxylic acids is 2. The predicted octanol–water partition coefficient (Wildman–Crippen LogP) is 0.0336. The molecular formula is C8H10O6. The Morgan fingerprint density at radius 2 is 1.93 bits per heavy atom. The van der Waals surface area contributed by atoms with E-state index in [0.717, 1.165) is 6.08 Å². The van der Waals surface area contributed by atoms with Gasteiger partial charge in [-0.05, 0) is 6.92 Å². The Balaban J connectivity index is 4.30. The molecule has 0 spiro atoms. The fraction of sp³-hybridized carbons (Fsp3) is 0.375. The summed E-state index contributed by atoms with van der Waals surface area (Å²) in [6.45, 7) is 1.55. The molecule has 0 aliphatic rings. The maximum atomic E-state index is 10.8. The molecule has 78 valence electrons. The summed E-state index contributed by atoms with van der Waals surface area (Å²) in [5.41, 5.74) is 0. The van der Waals surface area contributed by atoms with E-state index >= 15 is 0 Å². The Bertz CT molecular complexity index is 267. The molecule has 0 amide bonds. The average molecular weight is 202 g/mol. The van der Waals surface area contributed by atoms with Crippen molar-refractivity contribution in [1.29, 1.82) is 0 Å². The maximum absolute atomic E-state index is 10.8. The highest BCUT2D eigenvalue weighted by molar-refractivity contribution is 5.86. The molecule has 0 radical (unpaired) electrons. The Morgan fingerprint density at radius 3 is 2.29 bits per heavy atom. The molecule has 0 aromatic carbocycles. The second-order valence-electron chi connectivity index (χ2n) is 2.36. The number of rotatable bonds is 5. The van der Waals surface area contributed by atoms with Crippen molar-refractivity contribution in [1.82, 2.24) is 0 Å². The quantitative estimate of drug-likeness (QED) is 0.482. The molecule has 0 aromatic rings. The van der Waals surface area contributed by atoms with Crippen molar-refractivity contribution in [3.05, 3.63) is 12.2 Å². The van der Waals surface area contributed by atoms with Crippen LogP contribution in [0.5, 0.6) is 0 Å². The number of hydrogen-bond acceptors (Lipinski definition) is 4. The van der Waals surface area contributed by atoms with Crippen LogP contribution < -0.4 is 0 Å². The maximum Gasteiger partial charge on any atom is 0.345 e. The van der Waals surface area contributed by atoms with Crippen molar-refractivity contribution in [3.63, 3.8) is 0 Å². The molecule has 14 heavy (non-hydrogen) atoms. The third-order valence-corrected chi connectivity index (χ3v) is 1.20. The first-order valence-electron chi connectivity index (χ1n) is 3.75. The third-order valence-electron chi connectivity index (χ3n) is 1.20. The fourth-order valence-electron chi connectivity index (χ4n) is 0.654. The molecule has 1 unspecified atom stereocenters. The van der Waals surface area contributed by atoms with E-state index in [9.17, 15) is 14.4 Å². The number of carboxylic acids is 2. The minimum Gasteiger partial charge on any atom is -0.481 e. The van der Waals surface area contributed by atoms with Crippen LogP contribution in [0, 0.1) is 0 Å². The van der Waals surface area contributed by atoms with Crippen molar-refractivity contribution in [2.24, 2.45) is 0 Å². The van der Waals surface area contributed by atoms with E-state index in [1.165, 1.54) is 6.08 Å². The van der Waals surface area contributed by atoms with Gasteiger partial charge in [-0.25, -0.2) is 9.59 Å². The van der Waals surface area contributed by atoms with Gasteiger partial charge < -0.3 is 14.9 Å². The van der Waals surface area contributed by atoms with Gasteiger partial charge in [0.1, 0.15) is 0 Å². The number of carbonyl (C=O) groups excluding carboxylic acids is 1. The van der Waals surface area contributed by atoms with E-state index in [-0.39, 0.29) is 0 Å². The smallest absolute Gasteiger partial charge is 0.345 e. The minimum absolute atomic E-state index is 0.751. The summed E-state index contributed by atoms with van der Waals surface area (Å²) in [4.78, 5) is 31.4. The number of carboxylic acid groups (broad SMARTS) is 2. The molecule has 0 aliphatic carbocycles. The van der Waals surface area contributed by atoms with Gasteiger partial charge in [-0.2, -0.15) is 0 Å². The zero-order chi connectivity index (χ0) is 11.1. The van der Waals surface area contributed by atoms with Gasteiger partial charge in [-0.3, -0.25) is 4.79 Å². The van der Waals surface area contributed by atoms with E-state index in [1.54, 1.807) is 6.92 Å². The molecule has 1 atom stereocenters. The van der Waals surface area contributed by atoms with E-state index in [4.69, 9.17) is 10.2 Å².